The third-order valence-electron chi connectivity index (χ3n) is 4.25. The molecule has 1 aromatic heterocycles. The number of rotatable bonds is 6. The first-order valence-corrected chi connectivity index (χ1v) is 9.35. The lowest BCUT2D eigenvalue weighted by atomic mass is 10.2. The van der Waals surface area contributed by atoms with Gasteiger partial charge in [-0.2, -0.15) is 0 Å². The van der Waals surface area contributed by atoms with Gasteiger partial charge in [-0.05, 0) is 30.5 Å². The first kappa shape index (κ1) is 18.1. The molecule has 0 spiro atoms. The average Bonchev–Trinajstić information content (AvgIpc) is 3.16. The molecule has 1 aromatic carbocycles. The van der Waals surface area contributed by atoms with E-state index in [0.29, 0.717) is 32.1 Å². The van der Waals surface area contributed by atoms with Crippen molar-refractivity contribution in [1.82, 2.24) is 4.90 Å². The van der Waals surface area contributed by atoms with Crippen LogP contribution in [0.2, 0.25) is 0 Å². The second kappa shape index (κ2) is 8.09. The van der Waals surface area contributed by atoms with Crippen molar-refractivity contribution in [3.8, 4) is 5.75 Å². The third kappa shape index (κ3) is 4.08. The van der Waals surface area contributed by atoms with Gasteiger partial charge in [0.15, 0.2) is 0 Å². The van der Waals surface area contributed by atoms with Crippen LogP contribution in [0.1, 0.15) is 11.8 Å². The SMILES string of the molecule is CCN(CCN1CCOc2cc(NC(=N)c3cccs3)ccc21)C(=O)O. The van der Waals surface area contributed by atoms with E-state index in [1.54, 1.807) is 0 Å². The van der Waals surface area contributed by atoms with Crippen LogP contribution in [0.5, 0.6) is 5.75 Å². The summed E-state index contributed by atoms with van der Waals surface area (Å²) in [6.45, 7) is 4.66. The Balaban J connectivity index is 1.68. The van der Waals surface area contributed by atoms with Crippen molar-refractivity contribution in [2.45, 2.75) is 6.92 Å². The van der Waals surface area contributed by atoms with Crippen molar-refractivity contribution in [1.29, 1.82) is 5.41 Å². The molecule has 0 unspecified atom stereocenters. The number of benzene rings is 1. The van der Waals surface area contributed by atoms with Gasteiger partial charge in [0.05, 0.1) is 17.1 Å². The highest BCUT2D eigenvalue weighted by atomic mass is 32.1. The third-order valence-corrected chi connectivity index (χ3v) is 5.14. The molecule has 1 amide bonds. The Hall–Kier alpha value is -2.74. The summed E-state index contributed by atoms with van der Waals surface area (Å²) in [5.74, 6) is 1.10. The number of amidine groups is 1. The predicted molar refractivity (Wildman–Crippen MR) is 104 cm³/mol. The fourth-order valence-corrected chi connectivity index (χ4v) is 3.47. The number of nitrogens with one attached hydrogen (secondary N) is 2. The highest BCUT2D eigenvalue weighted by Gasteiger charge is 2.20. The average molecular weight is 374 g/mol. The monoisotopic (exact) mass is 374 g/mol. The smallest absolute Gasteiger partial charge is 0.407 e. The lowest BCUT2D eigenvalue weighted by Gasteiger charge is -2.33. The van der Waals surface area contributed by atoms with Crippen LogP contribution in [0.3, 0.4) is 0 Å². The highest BCUT2D eigenvalue weighted by molar-refractivity contribution is 7.12. The molecule has 0 saturated carbocycles. The minimum Gasteiger partial charge on any atom is -0.489 e. The molecular weight excluding hydrogens is 352 g/mol. The molecule has 0 atom stereocenters. The Labute approximate surface area is 156 Å². The van der Waals surface area contributed by atoms with Crippen LogP contribution in [0.25, 0.3) is 0 Å². The van der Waals surface area contributed by atoms with Gasteiger partial charge < -0.3 is 25.0 Å². The predicted octanol–water partition coefficient (Wildman–Crippen LogP) is 3.38. The zero-order valence-electron chi connectivity index (χ0n) is 14.6. The Morgan fingerprint density at radius 2 is 2.31 bits per heavy atom. The number of amides is 1. The van der Waals surface area contributed by atoms with Crippen LogP contribution in [-0.2, 0) is 0 Å². The summed E-state index contributed by atoms with van der Waals surface area (Å²) in [4.78, 5) is 15.6. The van der Waals surface area contributed by atoms with E-state index in [2.05, 4.69) is 10.2 Å². The van der Waals surface area contributed by atoms with E-state index >= 15 is 0 Å². The van der Waals surface area contributed by atoms with Crippen LogP contribution in [0.4, 0.5) is 16.2 Å². The van der Waals surface area contributed by atoms with Crippen LogP contribution in [-0.4, -0.2) is 54.7 Å². The van der Waals surface area contributed by atoms with Crippen LogP contribution in [0.15, 0.2) is 35.7 Å². The summed E-state index contributed by atoms with van der Waals surface area (Å²) in [5, 5.41) is 22.3. The van der Waals surface area contributed by atoms with Gasteiger partial charge in [0.2, 0.25) is 0 Å². The molecule has 0 bridgehead atoms. The topological polar surface area (TPSA) is 88.9 Å². The van der Waals surface area contributed by atoms with Crippen LogP contribution >= 0.6 is 11.3 Å². The maximum Gasteiger partial charge on any atom is 0.407 e. The summed E-state index contributed by atoms with van der Waals surface area (Å²) in [6.07, 6.45) is -0.896. The van der Waals surface area contributed by atoms with Gasteiger partial charge in [-0.25, -0.2) is 4.79 Å². The fourth-order valence-electron chi connectivity index (χ4n) is 2.84. The minimum absolute atomic E-state index is 0.354. The Bertz CT molecular complexity index is 779. The molecule has 3 N–H and O–H groups in total. The number of thiophene rings is 1. The summed E-state index contributed by atoms with van der Waals surface area (Å²) in [6, 6.07) is 9.57. The number of fused-ring (bicyclic) bond motifs is 1. The Morgan fingerprint density at radius 3 is 3.00 bits per heavy atom. The molecule has 0 radical (unpaired) electrons. The Kier molecular flexibility index (Phi) is 5.62. The standard InChI is InChI=1S/C18H22N4O3S/c1-2-21(18(23)24)7-8-22-9-10-25-15-12-13(5-6-14(15)22)20-17(19)16-4-3-11-26-16/h3-6,11-12H,2,7-10H2,1H3,(H2,19,20)(H,23,24). The maximum atomic E-state index is 11.1. The van der Waals surface area contributed by atoms with Crippen LogP contribution in [0, 0.1) is 5.41 Å². The van der Waals surface area contributed by atoms with E-state index in [1.807, 2.05) is 42.6 Å². The van der Waals surface area contributed by atoms with Crippen LogP contribution < -0.4 is 15.0 Å². The van der Waals surface area contributed by atoms with Crippen molar-refractivity contribution >= 4 is 34.6 Å². The minimum atomic E-state index is -0.896. The summed E-state index contributed by atoms with van der Waals surface area (Å²) < 4.78 is 5.77. The molecule has 1 aliphatic rings. The molecule has 2 aromatic rings. The Morgan fingerprint density at radius 1 is 1.46 bits per heavy atom. The van der Waals surface area contributed by atoms with E-state index in [0.717, 1.165) is 28.5 Å². The molecule has 1 aliphatic heterocycles. The number of carbonyl (C=O) groups is 1. The first-order chi connectivity index (χ1) is 12.6. The molecule has 2 heterocycles. The van der Waals surface area contributed by atoms with Gasteiger partial charge in [-0.3, -0.25) is 5.41 Å². The number of hydrogen-bond donors (Lipinski definition) is 3. The molecular formula is C18H22N4O3S. The van der Waals surface area contributed by atoms with Crippen molar-refractivity contribution < 1.29 is 14.6 Å². The second-order valence-electron chi connectivity index (χ2n) is 5.86. The zero-order valence-corrected chi connectivity index (χ0v) is 15.4. The number of anilines is 2. The molecule has 26 heavy (non-hydrogen) atoms. The normalized spacial score (nSPS) is 12.9. The number of hydrogen-bond acceptors (Lipinski definition) is 5. The summed E-state index contributed by atoms with van der Waals surface area (Å²) in [5.41, 5.74) is 1.75. The largest absolute Gasteiger partial charge is 0.489 e. The molecule has 138 valence electrons. The van der Waals surface area contributed by atoms with Gasteiger partial charge in [-0.15, -0.1) is 11.3 Å². The van der Waals surface area contributed by atoms with Gasteiger partial charge >= 0.3 is 6.09 Å². The number of nitrogens with zero attached hydrogens (tertiary/aromatic N) is 2. The van der Waals surface area contributed by atoms with Gasteiger partial charge in [0.25, 0.3) is 0 Å². The van der Waals surface area contributed by atoms with E-state index in [1.165, 1.54) is 16.2 Å². The summed E-state index contributed by atoms with van der Waals surface area (Å²) >= 11 is 1.51. The first-order valence-electron chi connectivity index (χ1n) is 8.47. The van der Waals surface area contributed by atoms with E-state index in [-0.39, 0.29) is 0 Å². The van der Waals surface area contributed by atoms with Crippen molar-refractivity contribution in [3.05, 3.63) is 40.6 Å². The molecule has 0 aliphatic carbocycles. The van der Waals surface area contributed by atoms with Crippen molar-refractivity contribution in [2.24, 2.45) is 0 Å². The lowest BCUT2D eigenvalue weighted by Crippen LogP contribution is -2.41. The summed E-state index contributed by atoms with van der Waals surface area (Å²) in [7, 11) is 0. The van der Waals surface area contributed by atoms with Gasteiger partial charge in [0.1, 0.15) is 18.2 Å². The quantitative estimate of drug-likeness (QED) is 0.533. The van der Waals surface area contributed by atoms with E-state index in [4.69, 9.17) is 15.3 Å². The molecule has 0 fully saturated rings. The van der Waals surface area contributed by atoms with E-state index in [9.17, 15) is 4.79 Å². The zero-order chi connectivity index (χ0) is 18.5. The molecule has 0 saturated heterocycles. The number of likely N-dealkylation sites (N-methyl/N-ethyl adjacent to an activating group) is 1. The molecule has 8 heteroatoms. The van der Waals surface area contributed by atoms with Gasteiger partial charge in [-0.1, -0.05) is 6.07 Å². The number of carboxylic acid groups (broad SMARTS) is 1. The van der Waals surface area contributed by atoms with Crippen molar-refractivity contribution in [2.75, 3.05) is 43.0 Å². The molecule has 3 rings (SSSR count). The maximum absolute atomic E-state index is 11.1. The number of ether oxygens (including phenoxy) is 1. The van der Waals surface area contributed by atoms with E-state index < -0.39 is 6.09 Å². The highest BCUT2D eigenvalue weighted by Crippen LogP contribution is 2.34. The second-order valence-corrected chi connectivity index (χ2v) is 6.81. The lowest BCUT2D eigenvalue weighted by molar-refractivity contribution is 0.148. The molecule has 7 nitrogen and oxygen atoms in total. The van der Waals surface area contributed by atoms with Crippen molar-refractivity contribution in [3.63, 3.8) is 0 Å². The van der Waals surface area contributed by atoms with Gasteiger partial charge in [0, 0.05) is 31.4 Å². The fraction of sp³-hybridized carbons (Fsp3) is 0.333.